The van der Waals surface area contributed by atoms with E-state index >= 15 is 0 Å². The fourth-order valence-electron chi connectivity index (χ4n) is 2.51. The maximum absolute atomic E-state index is 13.6. The number of amides is 1. The minimum Gasteiger partial charge on any atom is -0.320 e. The van der Waals surface area contributed by atoms with Crippen LogP contribution in [0.25, 0.3) is 0 Å². The molecule has 1 saturated carbocycles. The quantitative estimate of drug-likeness (QED) is 0.643. The maximum atomic E-state index is 13.6. The van der Waals surface area contributed by atoms with Gasteiger partial charge in [0.1, 0.15) is 0 Å². The first-order valence-corrected chi connectivity index (χ1v) is 8.94. The summed E-state index contributed by atoms with van der Waals surface area (Å²) in [5.74, 6) is -15.1. The fourth-order valence-corrected chi connectivity index (χ4v) is 3.71. The van der Waals surface area contributed by atoms with Crippen LogP contribution in [0.5, 0.6) is 0 Å². The third-order valence-electron chi connectivity index (χ3n) is 4.19. The van der Waals surface area contributed by atoms with E-state index in [2.05, 4.69) is 4.99 Å². The number of rotatable bonds is 4. The lowest BCUT2D eigenvalue weighted by Gasteiger charge is -2.25. The zero-order valence-electron chi connectivity index (χ0n) is 15.1. The number of nitrogens with zero attached hydrogens (tertiary/aromatic N) is 2. The van der Waals surface area contributed by atoms with Crippen molar-refractivity contribution < 1.29 is 35.5 Å². The number of halogens is 7. The number of aromatic nitrogens is 1. The highest BCUT2D eigenvalue weighted by Gasteiger charge is 2.76. The van der Waals surface area contributed by atoms with Crippen molar-refractivity contribution in [1.82, 2.24) is 4.57 Å². The topological polar surface area (TPSA) is 34.4 Å². The van der Waals surface area contributed by atoms with Crippen LogP contribution < -0.4 is 4.80 Å². The predicted octanol–water partition coefficient (Wildman–Crippen LogP) is 4.83. The van der Waals surface area contributed by atoms with Crippen LogP contribution in [0, 0.1) is 12.8 Å². The van der Waals surface area contributed by atoms with E-state index in [0.717, 1.165) is 24.2 Å². The number of carbonyl (C=O) groups is 1. The van der Waals surface area contributed by atoms with Crippen molar-refractivity contribution in [2.75, 3.05) is 0 Å². The van der Waals surface area contributed by atoms with Gasteiger partial charge in [-0.2, -0.15) is 35.7 Å². The van der Waals surface area contributed by atoms with Gasteiger partial charge in [-0.1, -0.05) is 20.8 Å². The Morgan fingerprint density at radius 2 is 1.63 bits per heavy atom. The second-order valence-electron chi connectivity index (χ2n) is 7.67. The minimum atomic E-state index is -6.58. The van der Waals surface area contributed by atoms with Crippen LogP contribution in [0.15, 0.2) is 4.99 Å². The molecule has 1 fully saturated rings. The van der Waals surface area contributed by atoms with Gasteiger partial charge in [0.05, 0.1) is 0 Å². The Hall–Kier alpha value is -1.39. The van der Waals surface area contributed by atoms with Gasteiger partial charge < -0.3 is 4.57 Å². The Kier molecular flexibility index (Phi) is 5.35. The van der Waals surface area contributed by atoms with E-state index in [1.165, 1.54) is 4.57 Å². The summed E-state index contributed by atoms with van der Waals surface area (Å²) in [6.45, 7) is 7.49. The molecule has 0 saturated heterocycles. The predicted molar refractivity (Wildman–Crippen MR) is 85.0 cm³/mol. The third kappa shape index (κ3) is 4.07. The van der Waals surface area contributed by atoms with Crippen LogP contribution in [0.3, 0.4) is 0 Å². The van der Waals surface area contributed by atoms with E-state index in [0.29, 0.717) is 17.1 Å². The van der Waals surface area contributed by atoms with Gasteiger partial charge in [-0.15, -0.1) is 11.3 Å². The highest BCUT2D eigenvalue weighted by Crippen LogP contribution is 2.47. The molecule has 0 radical (unpaired) electrons. The summed E-state index contributed by atoms with van der Waals surface area (Å²) in [5, 5.41) is 0. The van der Waals surface area contributed by atoms with Crippen molar-refractivity contribution in [2.45, 2.75) is 70.5 Å². The van der Waals surface area contributed by atoms with Crippen LogP contribution in [0.1, 0.15) is 44.2 Å². The van der Waals surface area contributed by atoms with Crippen LogP contribution in [-0.4, -0.2) is 28.5 Å². The monoisotopic (exact) mass is 420 g/mol. The molecular weight excluding hydrogens is 401 g/mol. The first-order valence-electron chi connectivity index (χ1n) is 8.12. The molecule has 2 rings (SSSR count). The first kappa shape index (κ1) is 21.9. The van der Waals surface area contributed by atoms with E-state index in [-0.39, 0.29) is 10.7 Å². The zero-order valence-corrected chi connectivity index (χ0v) is 15.9. The van der Waals surface area contributed by atoms with Crippen molar-refractivity contribution in [3.05, 3.63) is 15.4 Å². The number of alkyl halides is 7. The summed E-state index contributed by atoms with van der Waals surface area (Å²) in [6.07, 6.45) is -4.82. The van der Waals surface area contributed by atoms with Gasteiger partial charge in [-0.25, -0.2) is 0 Å². The standard InChI is InChI=1S/C16H19F7N2OS/c1-8-10(13(2,3)4)27-12(25(8)7-9-5-6-9)24-11(26)14(17,18)15(19,20)16(21,22)23/h9H,5-7H2,1-4H3. The zero-order chi connectivity index (χ0) is 21.0. The molecule has 0 aliphatic heterocycles. The van der Waals surface area contributed by atoms with Crippen LogP contribution >= 0.6 is 11.3 Å². The van der Waals surface area contributed by atoms with E-state index in [1.54, 1.807) is 6.92 Å². The largest absolute Gasteiger partial charge is 0.460 e. The molecule has 11 heteroatoms. The normalized spacial score (nSPS) is 17.5. The van der Waals surface area contributed by atoms with Gasteiger partial charge in [-0.3, -0.25) is 4.79 Å². The molecule has 0 atom stereocenters. The highest BCUT2D eigenvalue weighted by molar-refractivity contribution is 7.09. The SMILES string of the molecule is Cc1c(C(C)(C)C)sc(=NC(=O)C(F)(F)C(F)(F)C(F)(F)F)n1CC1CC1. The van der Waals surface area contributed by atoms with Crippen molar-refractivity contribution in [3.63, 3.8) is 0 Å². The highest BCUT2D eigenvalue weighted by atomic mass is 32.1. The van der Waals surface area contributed by atoms with Gasteiger partial charge in [0, 0.05) is 17.1 Å². The van der Waals surface area contributed by atoms with Crippen molar-refractivity contribution in [2.24, 2.45) is 10.9 Å². The van der Waals surface area contributed by atoms with Gasteiger partial charge in [-0.05, 0) is 31.1 Å². The molecule has 0 unspecified atom stereocenters. The van der Waals surface area contributed by atoms with E-state index in [4.69, 9.17) is 0 Å². The molecule has 3 nitrogen and oxygen atoms in total. The average Bonchev–Trinajstić information content (AvgIpc) is 3.24. The van der Waals surface area contributed by atoms with E-state index in [9.17, 15) is 35.5 Å². The Morgan fingerprint density at radius 1 is 1.11 bits per heavy atom. The Morgan fingerprint density at radius 3 is 2.04 bits per heavy atom. The third-order valence-corrected chi connectivity index (χ3v) is 5.80. The Labute approximate surface area is 154 Å². The molecule has 1 heterocycles. The second-order valence-corrected chi connectivity index (χ2v) is 8.64. The van der Waals surface area contributed by atoms with Gasteiger partial charge in [0.2, 0.25) is 0 Å². The number of hydrogen-bond donors (Lipinski definition) is 0. The summed E-state index contributed by atoms with van der Waals surface area (Å²) in [5.41, 5.74) is 0.173. The average molecular weight is 420 g/mol. The molecular formula is C16H19F7N2OS. The van der Waals surface area contributed by atoms with Crippen LogP contribution in [0.2, 0.25) is 0 Å². The lowest BCUT2D eigenvalue weighted by molar-refractivity contribution is -0.343. The molecule has 27 heavy (non-hydrogen) atoms. The first-order chi connectivity index (χ1) is 12.0. The summed E-state index contributed by atoms with van der Waals surface area (Å²) in [7, 11) is 0. The molecule has 0 spiro atoms. The molecule has 1 aliphatic carbocycles. The molecule has 0 bridgehead atoms. The lowest BCUT2D eigenvalue weighted by Crippen LogP contribution is -2.56. The lowest BCUT2D eigenvalue weighted by atomic mass is 9.93. The Bertz CT molecular complexity index is 795. The van der Waals surface area contributed by atoms with Crippen LogP contribution in [0.4, 0.5) is 30.7 Å². The van der Waals surface area contributed by atoms with Crippen molar-refractivity contribution in [1.29, 1.82) is 0 Å². The fraction of sp³-hybridized carbons (Fsp3) is 0.750. The summed E-state index contributed by atoms with van der Waals surface area (Å²) in [4.78, 5) is 15.0. The maximum Gasteiger partial charge on any atom is 0.460 e. The Balaban J connectivity index is 2.55. The summed E-state index contributed by atoms with van der Waals surface area (Å²) >= 11 is 0.841. The number of thiazole rings is 1. The number of hydrogen-bond acceptors (Lipinski definition) is 2. The molecule has 1 aliphatic rings. The van der Waals surface area contributed by atoms with Gasteiger partial charge in [0.15, 0.2) is 4.80 Å². The van der Waals surface area contributed by atoms with Crippen molar-refractivity contribution in [3.8, 4) is 0 Å². The van der Waals surface area contributed by atoms with Gasteiger partial charge >= 0.3 is 23.9 Å². The number of carbonyl (C=O) groups excluding carboxylic acids is 1. The van der Waals surface area contributed by atoms with Crippen molar-refractivity contribution >= 4 is 17.2 Å². The van der Waals surface area contributed by atoms with E-state index in [1.807, 2.05) is 20.8 Å². The summed E-state index contributed by atoms with van der Waals surface area (Å²) < 4.78 is 91.7. The van der Waals surface area contributed by atoms with E-state index < -0.39 is 29.3 Å². The summed E-state index contributed by atoms with van der Waals surface area (Å²) in [6, 6.07) is 0. The second kappa shape index (κ2) is 6.59. The van der Waals surface area contributed by atoms with Crippen LogP contribution in [-0.2, 0) is 16.8 Å². The molecule has 1 aromatic heterocycles. The molecule has 0 N–H and O–H groups in total. The molecule has 0 aromatic carbocycles. The molecule has 1 aromatic rings. The minimum absolute atomic E-state index is 0.234. The van der Waals surface area contributed by atoms with Gasteiger partial charge in [0.25, 0.3) is 0 Å². The molecule has 1 amide bonds. The molecule has 154 valence electrons. The smallest absolute Gasteiger partial charge is 0.320 e.